The van der Waals surface area contributed by atoms with Gasteiger partial charge in [0.05, 0.1) is 0 Å². The van der Waals surface area contributed by atoms with E-state index in [9.17, 15) is 4.21 Å². The van der Waals surface area contributed by atoms with Gasteiger partial charge in [-0.1, -0.05) is 6.92 Å². The molecule has 1 saturated carbocycles. The number of alkyl halides is 1. The van der Waals surface area contributed by atoms with Gasteiger partial charge < -0.3 is 0 Å². The third-order valence-electron chi connectivity index (χ3n) is 2.83. The molecule has 0 aromatic rings. The van der Waals surface area contributed by atoms with Gasteiger partial charge in [0.15, 0.2) is 0 Å². The van der Waals surface area contributed by atoms with Crippen molar-refractivity contribution in [3.8, 4) is 0 Å². The molecule has 0 N–H and O–H groups in total. The van der Waals surface area contributed by atoms with Crippen molar-refractivity contribution in [1.82, 2.24) is 0 Å². The summed E-state index contributed by atoms with van der Waals surface area (Å²) in [6.45, 7) is 2.23. The lowest BCUT2D eigenvalue weighted by Gasteiger charge is -2.26. The molecular weight excluding hydrogens is 192 g/mol. The molecule has 0 spiro atoms. The maximum atomic E-state index is 10.9. The van der Waals surface area contributed by atoms with Crippen molar-refractivity contribution in [3.63, 3.8) is 0 Å². The Balaban J connectivity index is 2.38. The van der Waals surface area contributed by atoms with Crippen LogP contribution in [0.5, 0.6) is 0 Å². The minimum Gasteiger partial charge on any atom is -0.260 e. The van der Waals surface area contributed by atoms with E-state index in [4.69, 9.17) is 11.6 Å². The van der Waals surface area contributed by atoms with Gasteiger partial charge in [0, 0.05) is 28.7 Å². The lowest BCUT2D eigenvalue weighted by atomic mass is 9.84. The monoisotopic (exact) mass is 208 g/mol. The van der Waals surface area contributed by atoms with Crippen LogP contribution in [0.25, 0.3) is 0 Å². The van der Waals surface area contributed by atoms with Crippen LogP contribution < -0.4 is 0 Å². The summed E-state index contributed by atoms with van der Waals surface area (Å²) in [5.41, 5.74) is 0.257. The van der Waals surface area contributed by atoms with Crippen molar-refractivity contribution in [2.24, 2.45) is 11.3 Å². The lowest BCUT2D eigenvalue weighted by molar-refractivity contribution is 0.305. The minimum absolute atomic E-state index is 0.257. The molecule has 0 radical (unpaired) electrons. The van der Waals surface area contributed by atoms with Gasteiger partial charge in [-0.3, -0.25) is 4.21 Å². The van der Waals surface area contributed by atoms with Gasteiger partial charge in [-0.2, -0.15) is 0 Å². The molecule has 0 aliphatic heterocycles. The zero-order valence-electron chi connectivity index (χ0n) is 7.81. The maximum Gasteiger partial charge on any atom is 0.0280 e. The van der Waals surface area contributed by atoms with E-state index < -0.39 is 10.8 Å². The smallest absolute Gasteiger partial charge is 0.0280 e. The van der Waals surface area contributed by atoms with Gasteiger partial charge in [-0.15, -0.1) is 11.6 Å². The van der Waals surface area contributed by atoms with Gasteiger partial charge in [-0.05, 0) is 30.6 Å². The molecule has 72 valence electrons. The number of hydrogen-bond acceptors (Lipinski definition) is 1. The quantitative estimate of drug-likeness (QED) is 0.635. The van der Waals surface area contributed by atoms with Gasteiger partial charge in [0.25, 0.3) is 0 Å². The largest absolute Gasteiger partial charge is 0.260 e. The minimum atomic E-state index is -0.661. The second-order valence-electron chi connectivity index (χ2n) is 4.09. The Labute approximate surface area is 82.3 Å². The molecule has 0 bridgehead atoms. The van der Waals surface area contributed by atoms with E-state index in [0.29, 0.717) is 0 Å². The zero-order valence-corrected chi connectivity index (χ0v) is 9.38. The average molecular weight is 209 g/mol. The number of hydrogen-bond donors (Lipinski definition) is 0. The molecule has 2 unspecified atom stereocenters. The van der Waals surface area contributed by atoms with Crippen LogP contribution in [0.2, 0.25) is 0 Å². The lowest BCUT2D eigenvalue weighted by Crippen LogP contribution is -2.23. The number of halogens is 1. The van der Waals surface area contributed by atoms with Crippen molar-refractivity contribution in [3.05, 3.63) is 0 Å². The van der Waals surface area contributed by atoms with Crippen LogP contribution in [0.15, 0.2) is 0 Å². The van der Waals surface area contributed by atoms with Crippen molar-refractivity contribution in [2.45, 2.75) is 26.2 Å². The van der Waals surface area contributed by atoms with E-state index in [-0.39, 0.29) is 5.41 Å². The first-order valence-corrected chi connectivity index (χ1v) is 6.70. The predicted octanol–water partition coefficient (Wildman–Crippen LogP) is 2.41. The van der Waals surface area contributed by atoms with Crippen LogP contribution >= 0.6 is 11.6 Å². The highest BCUT2D eigenvalue weighted by Crippen LogP contribution is 2.48. The number of rotatable bonds is 5. The summed E-state index contributed by atoms with van der Waals surface area (Å²) in [7, 11) is -0.661. The third-order valence-corrected chi connectivity index (χ3v) is 4.22. The summed E-state index contributed by atoms with van der Waals surface area (Å²) in [5.74, 6) is 2.33. The van der Waals surface area contributed by atoms with Gasteiger partial charge in [-0.25, -0.2) is 0 Å². The van der Waals surface area contributed by atoms with E-state index in [1.807, 2.05) is 0 Å². The normalized spacial score (nSPS) is 24.9. The molecule has 1 nitrogen and oxygen atoms in total. The summed E-state index contributed by atoms with van der Waals surface area (Å²) in [6, 6.07) is 0. The molecule has 0 aromatic carbocycles. The first-order valence-electron chi connectivity index (χ1n) is 4.44. The molecule has 1 aliphatic carbocycles. The molecule has 0 amide bonds. The van der Waals surface area contributed by atoms with Crippen LogP contribution in [0.1, 0.15) is 26.2 Å². The Morgan fingerprint density at radius 3 is 2.50 bits per heavy atom. The Morgan fingerprint density at radius 1 is 1.58 bits per heavy atom. The van der Waals surface area contributed by atoms with Gasteiger partial charge in [0.2, 0.25) is 0 Å². The van der Waals surface area contributed by atoms with Crippen LogP contribution in [0.3, 0.4) is 0 Å². The molecule has 12 heavy (non-hydrogen) atoms. The third kappa shape index (κ3) is 2.74. The Hall–Kier alpha value is 0.440. The average Bonchev–Trinajstić information content (AvgIpc) is 2.82. The molecule has 3 heteroatoms. The Kier molecular flexibility index (Phi) is 3.59. The van der Waals surface area contributed by atoms with E-state index in [1.54, 1.807) is 6.26 Å². The summed E-state index contributed by atoms with van der Waals surface area (Å²) in [4.78, 5) is 0. The molecule has 1 rings (SSSR count). The van der Waals surface area contributed by atoms with E-state index in [2.05, 4.69) is 6.92 Å². The Bertz CT molecular complexity index is 179. The zero-order chi connectivity index (χ0) is 9.19. The van der Waals surface area contributed by atoms with Crippen molar-refractivity contribution < 1.29 is 4.21 Å². The van der Waals surface area contributed by atoms with Crippen LogP contribution in [-0.4, -0.2) is 22.1 Å². The summed E-state index contributed by atoms with van der Waals surface area (Å²) in [6.07, 6.45) is 5.42. The second kappa shape index (κ2) is 4.10. The van der Waals surface area contributed by atoms with Crippen molar-refractivity contribution in [1.29, 1.82) is 0 Å². The molecule has 2 atom stereocenters. The molecule has 0 aromatic heterocycles. The van der Waals surface area contributed by atoms with E-state index in [0.717, 1.165) is 24.0 Å². The molecule has 0 saturated heterocycles. The summed E-state index contributed by atoms with van der Waals surface area (Å²) < 4.78 is 10.9. The first-order chi connectivity index (χ1) is 5.58. The van der Waals surface area contributed by atoms with Gasteiger partial charge >= 0.3 is 0 Å². The fraction of sp³-hybridized carbons (Fsp3) is 1.00. The highest BCUT2D eigenvalue weighted by atomic mass is 35.5. The van der Waals surface area contributed by atoms with E-state index in [1.165, 1.54) is 12.8 Å². The van der Waals surface area contributed by atoms with Crippen LogP contribution in [0, 0.1) is 11.3 Å². The van der Waals surface area contributed by atoms with Crippen LogP contribution in [-0.2, 0) is 10.8 Å². The summed E-state index contributed by atoms with van der Waals surface area (Å²) in [5, 5.41) is 0. The first kappa shape index (κ1) is 10.5. The van der Waals surface area contributed by atoms with Crippen molar-refractivity contribution >= 4 is 22.4 Å². The second-order valence-corrected chi connectivity index (χ2v) is 5.91. The van der Waals surface area contributed by atoms with Crippen molar-refractivity contribution in [2.75, 3.05) is 17.9 Å². The predicted molar refractivity (Wildman–Crippen MR) is 55.1 cm³/mol. The maximum absolute atomic E-state index is 10.9. The molecule has 1 aliphatic rings. The molecular formula is C9H17ClOS. The topological polar surface area (TPSA) is 17.1 Å². The van der Waals surface area contributed by atoms with E-state index >= 15 is 0 Å². The highest BCUT2D eigenvalue weighted by Gasteiger charge is 2.40. The highest BCUT2D eigenvalue weighted by molar-refractivity contribution is 7.84. The standard InChI is InChI=1S/C9H17ClOS/c1-9(7-10,8-3-4-8)5-6-12(2)11/h8H,3-7H2,1-2H3. The van der Waals surface area contributed by atoms with Crippen LogP contribution in [0.4, 0.5) is 0 Å². The fourth-order valence-corrected chi connectivity index (χ4v) is 2.64. The molecule has 1 fully saturated rings. The fourth-order valence-electron chi connectivity index (χ4n) is 1.54. The Morgan fingerprint density at radius 2 is 2.17 bits per heavy atom. The summed E-state index contributed by atoms with van der Waals surface area (Å²) >= 11 is 5.93. The molecule has 0 heterocycles. The SMILES string of the molecule is CS(=O)CCC(C)(CCl)C1CC1. The van der Waals surface area contributed by atoms with Gasteiger partial charge in [0.1, 0.15) is 0 Å².